The summed E-state index contributed by atoms with van der Waals surface area (Å²) in [5, 5.41) is 14.2. The van der Waals surface area contributed by atoms with E-state index < -0.39 is 11.0 Å². The molecule has 2 rings (SSSR count). The number of nitrogens with one attached hydrogen (secondary N) is 1. The van der Waals surface area contributed by atoms with Crippen LogP contribution in [0.4, 0.5) is 5.69 Å². The maximum Gasteiger partial charge on any atom is 0.269 e. The first-order valence-electron chi connectivity index (χ1n) is 9.94. The number of thioether (sulfide) groups is 1. The van der Waals surface area contributed by atoms with E-state index in [1.54, 1.807) is 36.1 Å². The molecule has 0 radical (unpaired) electrons. The number of carbonyl (C=O) groups excluding carboxylic acids is 2. The molecule has 1 atom stereocenters. The van der Waals surface area contributed by atoms with Crippen LogP contribution >= 0.6 is 23.4 Å². The van der Waals surface area contributed by atoms with Crippen molar-refractivity contribution < 1.29 is 14.5 Å². The van der Waals surface area contributed by atoms with Crippen LogP contribution in [0.1, 0.15) is 31.4 Å². The Kier molecular flexibility index (Phi) is 9.81. The highest BCUT2D eigenvalue weighted by Gasteiger charge is 2.25. The summed E-state index contributed by atoms with van der Waals surface area (Å²) >= 11 is 7.47. The van der Waals surface area contributed by atoms with Crippen LogP contribution in [0.3, 0.4) is 0 Å². The molecule has 0 aliphatic heterocycles. The summed E-state index contributed by atoms with van der Waals surface area (Å²) in [6.45, 7) is 4.51. The van der Waals surface area contributed by atoms with E-state index in [2.05, 4.69) is 5.32 Å². The minimum absolute atomic E-state index is 0.0319. The maximum atomic E-state index is 13.0. The summed E-state index contributed by atoms with van der Waals surface area (Å²) in [5.74, 6) is 0.359. The van der Waals surface area contributed by atoms with E-state index in [1.807, 2.05) is 19.1 Å². The molecule has 9 heteroatoms. The zero-order valence-electron chi connectivity index (χ0n) is 17.5. The second kappa shape index (κ2) is 12.3. The molecule has 0 spiro atoms. The van der Waals surface area contributed by atoms with Crippen LogP contribution in [0, 0.1) is 10.1 Å². The van der Waals surface area contributed by atoms with Crippen LogP contribution < -0.4 is 5.32 Å². The van der Waals surface area contributed by atoms with Crippen molar-refractivity contribution in [3.63, 3.8) is 0 Å². The van der Waals surface area contributed by atoms with Gasteiger partial charge in [0.25, 0.3) is 5.69 Å². The fourth-order valence-corrected chi connectivity index (χ4v) is 3.95. The van der Waals surface area contributed by atoms with Gasteiger partial charge in [-0.1, -0.05) is 42.8 Å². The van der Waals surface area contributed by atoms with Gasteiger partial charge in [0.1, 0.15) is 6.04 Å². The Morgan fingerprint density at radius 3 is 2.52 bits per heavy atom. The summed E-state index contributed by atoms with van der Waals surface area (Å²) in [5.41, 5.74) is 1.76. The van der Waals surface area contributed by atoms with E-state index in [-0.39, 0.29) is 29.8 Å². The smallest absolute Gasteiger partial charge is 0.269 e. The van der Waals surface area contributed by atoms with Crippen molar-refractivity contribution in [2.75, 3.05) is 12.3 Å². The predicted molar refractivity (Wildman–Crippen MR) is 124 cm³/mol. The number of hydrogen-bond donors (Lipinski definition) is 1. The van der Waals surface area contributed by atoms with Gasteiger partial charge in [-0.2, -0.15) is 0 Å². The van der Waals surface area contributed by atoms with Crippen LogP contribution in [0.5, 0.6) is 0 Å². The Hall–Kier alpha value is -2.58. The summed E-state index contributed by atoms with van der Waals surface area (Å²) in [6.07, 6.45) is 0.811. The topological polar surface area (TPSA) is 92.6 Å². The Morgan fingerprint density at radius 2 is 1.90 bits per heavy atom. The van der Waals surface area contributed by atoms with Crippen LogP contribution in [-0.4, -0.2) is 40.0 Å². The lowest BCUT2D eigenvalue weighted by Crippen LogP contribution is -2.48. The first-order valence-corrected chi connectivity index (χ1v) is 11.5. The normalized spacial score (nSPS) is 11.6. The number of amides is 2. The van der Waals surface area contributed by atoms with Crippen LogP contribution in [0.25, 0.3) is 0 Å². The van der Waals surface area contributed by atoms with Crippen LogP contribution in [0.2, 0.25) is 5.02 Å². The first-order chi connectivity index (χ1) is 14.8. The van der Waals surface area contributed by atoms with Gasteiger partial charge < -0.3 is 10.2 Å². The Labute approximate surface area is 191 Å². The molecule has 0 unspecified atom stereocenters. The minimum Gasteiger partial charge on any atom is -0.354 e. The molecule has 2 aromatic rings. The lowest BCUT2D eigenvalue weighted by atomic mass is 10.1. The number of nitro benzene ring substituents is 1. The third-order valence-electron chi connectivity index (χ3n) is 4.60. The molecule has 7 nitrogen and oxygen atoms in total. The molecule has 1 N–H and O–H groups in total. The van der Waals surface area contributed by atoms with E-state index in [1.165, 1.54) is 23.9 Å². The molecule has 0 fully saturated rings. The zero-order valence-corrected chi connectivity index (χ0v) is 19.1. The molecule has 0 aliphatic carbocycles. The molecule has 31 heavy (non-hydrogen) atoms. The fourth-order valence-electron chi connectivity index (χ4n) is 2.86. The predicted octanol–water partition coefficient (Wildman–Crippen LogP) is 4.42. The Bertz CT molecular complexity index is 908. The number of nitro groups is 1. The average molecular weight is 464 g/mol. The lowest BCUT2D eigenvalue weighted by molar-refractivity contribution is -0.384. The van der Waals surface area contributed by atoms with Gasteiger partial charge in [0.05, 0.1) is 10.7 Å². The monoisotopic (exact) mass is 463 g/mol. The molecule has 0 aromatic heterocycles. The summed E-state index contributed by atoms with van der Waals surface area (Å²) < 4.78 is 0. The van der Waals surface area contributed by atoms with Gasteiger partial charge in [0, 0.05) is 36.0 Å². The van der Waals surface area contributed by atoms with E-state index >= 15 is 0 Å². The van der Waals surface area contributed by atoms with Crippen molar-refractivity contribution in [3.8, 4) is 0 Å². The lowest BCUT2D eigenvalue weighted by Gasteiger charge is -2.28. The third kappa shape index (κ3) is 7.88. The number of carbonyl (C=O) groups is 2. The Morgan fingerprint density at radius 1 is 1.19 bits per heavy atom. The van der Waals surface area contributed by atoms with Crippen LogP contribution in [0.15, 0.2) is 48.5 Å². The van der Waals surface area contributed by atoms with Gasteiger partial charge >= 0.3 is 0 Å². The average Bonchev–Trinajstić information content (AvgIpc) is 2.75. The standard InChI is InChI=1S/C22H26ClN3O4S/c1-3-11-24-22(28)16(2)25(13-18-5-4-6-19(23)12-18)21(27)15-31-14-17-7-9-20(10-8-17)26(29)30/h4-10,12,16H,3,11,13-15H2,1-2H3,(H,24,28)/t16-/m1/s1. The van der Waals surface area contributed by atoms with Crippen molar-refractivity contribution in [2.45, 2.75) is 38.6 Å². The molecule has 0 saturated heterocycles. The molecular weight excluding hydrogens is 438 g/mol. The van der Waals surface area contributed by atoms with Crippen LogP contribution in [-0.2, 0) is 21.9 Å². The second-order valence-corrected chi connectivity index (χ2v) is 8.46. The van der Waals surface area contributed by atoms with Crippen molar-refractivity contribution >= 4 is 40.9 Å². The highest BCUT2D eigenvalue weighted by Crippen LogP contribution is 2.19. The zero-order chi connectivity index (χ0) is 22.8. The first kappa shape index (κ1) is 24.7. The molecule has 0 aliphatic rings. The highest BCUT2D eigenvalue weighted by atomic mass is 35.5. The second-order valence-electron chi connectivity index (χ2n) is 7.03. The minimum atomic E-state index is -0.627. The quantitative estimate of drug-likeness (QED) is 0.393. The van der Waals surface area contributed by atoms with Gasteiger partial charge in [-0.3, -0.25) is 19.7 Å². The summed E-state index contributed by atoms with van der Waals surface area (Å²) in [7, 11) is 0. The summed E-state index contributed by atoms with van der Waals surface area (Å²) in [4.78, 5) is 37.3. The highest BCUT2D eigenvalue weighted by molar-refractivity contribution is 7.99. The molecule has 166 valence electrons. The number of rotatable bonds is 11. The number of halogens is 1. The molecular formula is C22H26ClN3O4S. The SMILES string of the molecule is CCCNC(=O)[C@@H](C)N(Cc1cccc(Cl)c1)C(=O)CSCc1ccc([N+](=O)[O-])cc1. The van der Waals surface area contributed by atoms with E-state index in [4.69, 9.17) is 11.6 Å². The maximum absolute atomic E-state index is 13.0. The molecule has 0 heterocycles. The van der Waals surface area contributed by atoms with Crippen molar-refractivity contribution in [1.82, 2.24) is 10.2 Å². The molecule has 0 bridgehead atoms. The molecule has 2 aromatic carbocycles. The van der Waals surface area contributed by atoms with Crippen molar-refractivity contribution in [3.05, 3.63) is 74.8 Å². The van der Waals surface area contributed by atoms with Crippen molar-refractivity contribution in [1.29, 1.82) is 0 Å². The van der Waals surface area contributed by atoms with Gasteiger partial charge in [-0.25, -0.2) is 0 Å². The summed E-state index contributed by atoms with van der Waals surface area (Å²) in [6, 6.07) is 12.8. The van der Waals surface area contributed by atoms with Gasteiger partial charge in [-0.05, 0) is 36.6 Å². The van der Waals surface area contributed by atoms with E-state index in [0.717, 1.165) is 17.5 Å². The van der Waals surface area contributed by atoms with E-state index in [0.29, 0.717) is 17.3 Å². The number of benzene rings is 2. The number of nitrogens with zero attached hydrogens (tertiary/aromatic N) is 2. The molecule has 2 amide bonds. The number of hydrogen-bond acceptors (Lipinski definition) is 5. The Balaban J connectivity index is 2.03. The number of non-ortho nitro benzene ring substituents is 1. The fraction of sp³-hybridized carbons (Fsp3) is 0.364. The van der Waals surface area contributed by atoms with Crippen molar-refractivity contribution in [2.24, 2.45) is 0 Å². The third-order valence-corrected chi connectivity index (χ3v) is 5.82. The largest absolute Gasteiger partial charge is 0.354 e. The van der Waals surface area contributed by atoms with E-state index in [9.17, 15) is 19.7 Å². The van der Waals surface area contributed by atoms with Gasteiger partial charge in [0.15, 0.2) is 0 Å². The molecule has 0 saturated carbocycles. The van der Waals surface area contributed by atoms with Gasteiger partial charge in [-0.15, -0.1) is 11.8 Å². The van der Waals surface area contributed by atoms with Gasteiger partial charge in [0.2, 0.25) is 11.8 Å².